The molecular weight excluding hydrogens is 230 g/mol. The number of hydrogen-bond donors (Lipinski definition) is 1. The summed E-state index contributed by atoms with van der Waals surface area (Å²) in [7, 11) is 1.26. The van der Waals surface area contributed by atoms with Gasteiger partial charge in [-0.2, -0.15) is 0 Å². The van der Waals surface area contributed by atoms with Crippen LogP contribution >= 0.6 is 0 Å². The molecule has 1 aromatic carbocycles. The average Bonchev–Trinajstić information content (AvgIpc) is 2.36. The fourth-order valence-electron chi connectivity index (χ4n) is 1.84. The Morgan fingerprint density at radius 2 is 2.00 bits per heavy atom. The number of aromatic nitrogens is 1. The molecule has 4 nitrogen and oxygen atoms in total. The maximum absolute atomic E-state index is 11.8. The molecule has 0 bridgehead atoms. The lowest BCUT2D eigenvalue weighted by Crippen LogP contribution is -2.18. The monoisotopic (exact) mass is 245 g/mol. The minimum absolute atomic E-state index is 0.0299. The van der Waals surface area contributed by atoms with Gasteiger partial charge in [-0.15, -0.1) is 0 Å². The van der Waals surface area contributed by atoms with E-state index in [1.165, 1.54) is 7.11 Å². The predicted octanol–water partition coefficient (Wildman–Crippen LogP) is 2.44. The van der Waals surface area contributed by atoms with E-state index in [0.29, 0.717) is 5.92 Å². The number of aromatic amines is 1. The molecule has 0 saturated carbocycles. The summed E-state index contributed by atoms with van der Waals surface area (Å²) < 4.78 is 4.57. The minimum atomic E-state index is -0.619. The molecule has 1 N–H and O–H groups in total. The van der Waals surface area contributed by atoms with E-state index in [4.69, 9.17) is 0 Å². The van der Waals surface area contributed by atoms with Gasteiger partial charge < -0.3 is 9.72 Å². The van der Waals surface area contributed by atoms with Crippen LogP contribution in [0.25, 0.3) is 10.9 Å². The standard InChI is InChI=1S/C14H15NO3/c1-8(2)9-4-5-10-6-11(14(17)18-3)13(16)15-12(10)7-9/h4-8H,1-3H3,(H,15,16). The van der Waals surface area contributed by atoms with E-state index in [-0.39, 0.29) is 5.56 Å². The van der Waals surface area contributed by atoms with Crippen molar-refractivity contribution in [1.82, 2.24) is 4.98 Å². The molecule has 18 heavy (non-hydrogen) atoms. The first-order valence-electron chi connectivity index (χ1n) is 5.78. The molecule has 0 aliphatic carbocycles. The van der Waals surface area contributed by atoms with Gasteiger partial charge in [0.15, 0.2) is 0 Å². The molecule has 2 rings (SSSR count). The van der Waals surface area contributed by atoms with E-state index in [9.17, 15) is 9.59 Å². The Bertz CT molecular complexity index is 656. The first kappa shape index (κ1) is 12.4. The SMILES string of the molecule is COC(=O)c1cc2ccc(C(C)C)cc2[nH]c1=O. The van der Waals surface area contributed by atoms with E-state index < -0.39 is 11.5 Å². The van der Waals surface area contributed by atoms with Crippen LogP contribution in [0, 0.1) is 0 Å². The van der Waals surface area contributed by atoms with Crippen molar-refractivity contribution in [3.63, 3.8) is 0 Å². The summed E-state index contributed by atoms with van der Waals surface area (Å²) in [5, 5.41) is 0.819. The van der Waals surface area contributed by atoms with Crippen LogP contribution in [0.3, 0.4) is 0 Å². The molecule has 0 fully saturated rings. The van der Waals surface area contributed by atoms with Crippen LogP contribution in [0.1, 0.15) is 35.7 Å². The van der Waals surface area contributed by atoms with Gasteiger partial charge in [0.1, 0.15) is 5.56 Å². The summed E-state index contributed by atoms with van der Waals surface area (Å²) in [5.74, 6) is -0.232. The van der Waals surface area contributed by atoms with Crippen LogP contribution in [0.4, 0.5) is 0 Å². The Labute approximate surface area is 105 Å². The Morgan fingerprint density at radius 3 is 2.61 bits per heavy atom. The highest BCUT2D eigenvalue weighted by molar-refractivity contribution is 5.93. The molecule has 1 heterocycles. The number of rotatable bonds is 2. The van der Waals surface area contributed by atoms with Crippen molar-refractivity contribution in [1.29, 1.82) is 0 Å². The highest BCUT2D eigenvalue weighted by Gasteiger charge is 2.12. The van der Waals surface area contributed by atoms with Gasteiger partial charge in [-0.25, -0.2) is 4.79 Å². The van der Waals surface area contributed by atoms with Gasteiger partial charge in [-0.3, -0.25) is 4.79 Å². The number of carbonyl (C=O) groups is 1. The largest absolute Gasteiger partial charge is 0.465 e. The fourth-order valence-corrected chi connectivity index (χ4v) is 1.84. The Kier molecular flexibility index (Phi) is 3.19. The van der Waals surface area contributed by atoms with Crippen LogP contribution < -0.4 is 5.56 Å². The highest BCUT2D eigenvalue weighted by Crippen LogP contribution is 2.19. The molecule has 1 aromatic heterocycles. The van der Waals surface area contributed by atoms with E-state index in [0.717, 1.165) is 16.5 Å². The zero-order valence-corrected chi connectivity index (χ0v) is 10.6. The zero-order chi connectivity index (χ0) is 13.3. The third-order valence-electron chi connectivity index (χ3n) is 2.94. The van der Waals surface area contributed by atoms with Gasteiger partial charge >= 0.3 is 5.97 Å². The quantitative estimate of drug-likeness (QED) is 0.827. The molecule has 0 unspecified atom stereocenters. The van der Waals surface area contributed by atoms with Crippen LogP contribution in [-0.2, 0) is 4.74 Å². The zero-order valence-electron chi connectivity index (χ0n) is 10.6. The maximum atomic E-state index is 11.8. The molecule has 0 aliphatic rings. The summed E-state index contributed by atoms with van der Waals surface area (Å²) >= 11 is 0. The smallest absolute Gasteiger partial charge is 0.343 e. The lowest BCUT2D eigenvalue weighted by molar-refractivity contribution is 0.0599. The average molecular weight is 245 g/mol. The predicted molar refractivity (Wildman–Crippen MR) is 70.0 cm³/mol. The van der Waals surface area contributed by atoms with Crippen LogP contribution in [0.2, 0.25) is 0 Å². The number of pyridine rings is 1. The Hall–Kier alpha value is -2.10. The van der Waals surface area contributed by atoms with Crippen LogP contribution in [0.15, 0.2) is 29.1 Å². The Morgan fingerprint density at radius 1 is 1.28 bits per heavy atom. The number of fused-ring (bicyclic) bond motifs is 1. The lowest BCUT2D eigenvalue weighted by atomic mass is 10.0. The first-order valence-corrected chi connectivity index (χ1v) is 5.78. The molecule has 0 atom stereocenters. The van der Waals surface area contributed by atoms with Crippen molar-refractivity contribution >= 4 is 16.9 Å². The summed E-state index contributed by atoms with van der Waals surface area (Å²) in [6, 6.07) is 7.38. The second-order valence-electron chi connectivity index (χ2n) is 4.51. The summed E-state index contributed by atoms with van der Waals surface area (Å²) in [5.41, 5.74) is 1.49. The summed E-state index contributed by atoms with van der Waals surface area (Å²) in [6.07, 6.45) is 0. The van der Waals surface area contributed by atoms with Crippen LogP contribution in [0.5, 0.6) is 0 Å². The topological polar surface area (TPSA) is 59.2 Å². The van der Waals surface area contributed by atoms with Crippen LogP contribution in [-0.4, -0.2) is 18.1 Å². The molecule has 0 radical (unpaired) electrons. The second-order valence-corrected chi connectivity index (χ2v) is 4.51. The van der Waals surface area contributed by atoms with Gasteiger partial charge in [-0.1, -0.05) is 26.0 Å². The maximum Gasteiger partial charge on any atom is 0.343 e. The molecule has 0 saturated heterocycles. The van der Waals surface area contributed by atoms with Crippen molar-refractivity contribution in [2.75, 3.05) is 7.11 Å². The van der Waals surface area contributed by atoms with Crippen molar-refractivity contribution in [2.24, 2.45) is 0 Å². The number of methoxy groups -OCH3 is 1. The summed E-state index contributed by atoms with van der Waals surface area (Å²) in [4.78, 5) is 25.9. The van der Waals surface area contributed by atoms with Crippen molar-refractivity contribution in [2.45, 2.75) is 19.8 Å². The first-order chi connectivity index (χ1) is 8.52. The normalized spacial score (nSPS) is 10.9. The van der Waals surface area contributed by atoms with Gasteiger partial charge in [0, 0.05) is 5.52 Å². The second kappa shape index (κ2) is 4.64. The number of ether oxygens (including phenoxy) is 1. The molecule has 0 aliphatic heterocycles. The van der Waals surface area contributed by atoms with Crippen molar-refractivity contribution in [3.05, 3.63) is 45.7 Å². The lowest BCUT2D eigenvalue weighted by Gasteiger charge is -2.07. The van der Waals surface area contributed by atoms with Gasteiger partial charge in [-0.05, 0) is 29.0 Å². The van der Waals surface area contributed by atoms with Crippen molar-refractivity contribution < 1.29 is 9.53 Å². The molecule has 0 spiro atoms. The number of H-pyrrole nitrogens is 1. The highest BCUT2D eigenvalue weighted by atomic mass is 16.5. The van der Waals surface area contributed by atoms with Crippen molar-refractivity contribution in [3.8, 4) is 0 Å². The minimum Gasteiger partial charge on any atom is -0.465 e. The van der Waals surface area contributed by atoms with Gasteiger partial charge in [0.05, 0.1) is 7.11 Å². The number of benzene rings is 1. The molecule has 0 amide bonds. The van der Waals surface area contributed by atoms with E-state index in [2.05, 4.69) is 23.6 Å². The molecule has 4 heteroatoms. The third-order valence-corrected chi connectivity index (χ3v) is 2.94. The molecule has 94 valence electrons. The number of carbonyl (C=O) groups excluding carboxylic acids is 1. The van der Waals surface area contributed by atoms with Gasteiger partial charge in [0.25, 0.3) is 5.56 Å². The third kappa shape index (κ3) is 2.14. The Balaban J connectivity index is 2.64. The number of nitrogens with one attached hydrogen (secondary N) is 1. The van der Waals surface area contributed by atoms with Gasteiger partial charge in [0.2, 0.25) is 0 Å². The summed E-state index contributed by atoms with van der Waals surface area (Å²) in [6.45, 7) is 4.17. The molecule has 2 aromatic rings. The molecular formula is C14H15NO3. The fraction of sp³-hybridized carbons (Fsp3) is 0.286. The van der Waals surface area contributed by atoms with E-state index in [1.54, 1.807) is 6.07 Å². The number of esters is 1. The van der Waals surface area contributed by atoms with E-state index >= 15 is 0 Å². The number of hydrogen-bond acceptors (Lipinski definition) is 3. The van der Waals surface area contributed by atoms with E-state index in [1.807, 2.05) is 18.2 Å².